The van der Waals surface area contributed by atoms with E-state index in [4.69, 9.17) is 5.21 Å². The van der Waals surface area contributed by atoms with Crippen LogP contribution in [0.4, 0.5) is 0 Å². The quantitative estimate of drug-likeness (QED) is 0.409. The number of nitrogens with one attached hydrogen (secondary N) is 1. The fourth-order valence-corrected chi connectivity index (χ4v) is 4.74. The molecule has 0 spiro atoms. The van der Waals surface area contributed by atoms with Crippen molar-refractivity contribution in [1.82, 2.24) is 14.7 Å². The maximum atomic E-state index is 13.0. The minimum atomic E-state index is -3.60. The Balaban J connectivity index is 1.59. The molecule has 0 aliphatic carbocycles. The zero-order chi connectivity index (χ0) is 20.7. The lowest BCUT2D eigenvalue weighted by atomic mass is 10.1. The number of hydrogen-bond donors (Lipinski definition) is 2. The van der Waals surface area contributed by atoms with Crippen molar-refractivity contribution in [3.63, 3.8) is 0 Å². The zero-order valence-electron chi connectivity index (χ0n) is 16.1. The molecule has 2 aromatic rings. The smallest absolute Gasteiger partial charge is 0.267 e. The molecule has 0 saturated carbocycles. The van der Waals surface area contributed by atoms with Gasteiger partial charge in [-0.15, -0.1) is 0 Å². The van der Waals surface area contributed by atoms with Gasteiger partial charge in [-0.25, -0.2) is 13.9 Å². The Labute approximate surface area is 171 Å². The minimum absolute atomic E-state index is 0.196. The average Bonchev–Trinajstić information content (AvgIpc) is 2.77. The number of carbonyl (C=O) groups is 1. The highest BCUT2D eigenvalue weighted by atomic mass is 32.2. The van der Waals surface area contributed by atoms with E-state index in [9.17, 15) is 13.2 Å². The van der Waals surface area contributed by atoms with Crippen molar-refractivity contribution in [2.45, 2.75) is 11.3 Å². The van der Waals surface area contributed by atoms with E-state index in [-0.39, 0.29) is 4.90 Å². The molecule has 8 heteroatoms. The molecule has 0 bridgehead atoms. The van der Waals surface area contributed by atoms with Gasteiger partial charge in [0, 0.05) is 38.8 Å². The zero-order valence-corrected chi connectivity index (χ0v) is 16.9. The van der Waals surface area contributed by atoms with Crippen molar-refractivity contribution in [1.29, 1.82) is 0 Å². The number of hydrogen-bond acceptors (Lipinski definition) is 5. The largest absolute Gasteiger partial charge is 0.300 e. The molecule has 1 amide bonds. The highest BCUT2D eigenvalue weighted by molar-refractivity contribution is 7.89. The Morgan fingerprint density at radius 3 is 2.45 bits per heavy atom. The van der Waals surface area contributed by atoms with Gasteiger partial charge in [-0.2, -0.15) is 4.31 Å². The van der Waals surface area contributed by atoms with Crippen LogP contribution >= 0.6 is 0 Å². The third-order valence-corrected chi connectivity index (χ3v) is 6.82. The predicted molar refractivity (Wildman–Crippen MR) is 111 cm³/mol. The standard InChI is InChI=1S/C21H25N3O4S/c25-21(22-26)10-9-19-7-4-8-20(17-19)29(27,28)24-15-13-23(14-16-24)12-11-18-5-2-1-3-6-18/h1-10,17,26H,11-16H2,(H,22,25)/b10-9+. The second-order valence-electron chi connectivity index (χ2n) is 6.86. The van der Waals surface area contributed by atoms with E-state index in [0.29, 0.717) is 31.7 Å². The normalized spacial score (nSPS) is 16.2. The Hall–Kier alpha value is -2.52. The van der Waals surface area contributed by atoms with Crippen molar-refractivity contribution in [3.05, 3.63) is 71.8 Å². The molecule has 0 atom stereocenters. The van der Waals surface area contributed by atoms with E-state index in [2.05, 4.69) is 17.0 Å². The number of carbonyl (C=O) groups excluding carboxylic acids is 1. The Morgan fingerprint density at radius 1 is 1.03 bits per heavy atom. The van der Waals surface area contributed by atoms with Gasteiger partial charge in [0.25, 0.3) is 5.91 Å². The van der Waals surface area contributed by atoms with E-state index in [1.807, 2.05) is 18.2 Å². The predicted octanol–water partition coefficient (Wildman–Crippen LogP) is 1.75. The number of piperazine rings is 1. The summed E-state index contributed by atoms with van der Waals surface area (Å²) in [4.78, 5) is 13.6. The van der Waals surface area contributed by atoms with Crippen LogP contribution in [0.5, 0.6) is 0 Å². The van der Waals surface area contributed by atoms with E-state index in [0.717, 1.165) is 19.0 Å². The number of amides is 1. The molecule has 2 N–H and O–H groups in total. The summed E-state index contributed by atoms with van der Waals surface area (Å²) in [7, 11) is -3.60. The van der Waals surface area contributed by atoms with Crippen molar-refractivity contribution in [3.8, 4) is 0 Å². The number of nitrogens with zero attached hydrogens (tertiary/aromatic N) is 2. The first kappa shape index (κ1) is 21.2. The lowest BCUT2D eigenvalue weighted by Crippen LogP contribution is -2.49. The molecular formula is C21H25N3O4S. The van der Waals surface area contributed by atoms with Crippen LogP contribution in [0.3, 0.4) is 0 Å². The summed E-state index contributed by atoms with van der Waals surface area (Å²) in [6.07, 6.45) is 3.53. The monoisotopic (exact) mass is 415 g/mol. The van der Waals surface area contributed by atoms with Crippen molar-refractivity contribution in [2.75, 3.05) is 32.7 Å². The SMILES string of the molecule is O=C(/C=C/c1cccc(S(=O)(=O)N2CCN(CCc3ccccc3)CC2)c1)NO. The lowest BCUT2D eigenvalue weighted by molar-refractivity contribution is -0.124. The summed E-state index contributed by atoms with van der Waals surface area (Å²) in [5.74, 6) is -0.676. The van der Waals surface area contributed by atoms with E-state index >= 15 is 0 Å². The van der Waals surface area contributed by atoms with Crippen molar-refractivity contribution < 1.29 is 18.4 Å². The molecule has 0 unspecified atom stereocenters. The van der Waals surface area contributed by atoms with Gasteiger partial charge in [-0.05, 0) is 35.8 Å². The van der Waals surface area contributed by atoms with Gasteiger partial charge < -0.3 is 4.90 Å². The fraction of sp³-hybridized carbons (Fsp3) is 0.286. The highest BCUT2D eigenvalue weighted by Crippen LogP contribution is 2.19. The molecule has 2 aromatic carbocycles. The first-order valence-corrected chi connectivity index (χ1v) is 10.9. The third-order valence-electron chi connectivity index (χ3n) is 4.92. The fourth-order valence-electron chi connectivity index (χ4n) is 3.26. The number of benzene rings is 2. The topological polar surface area (TPSA) is 90.0 Å². The van der Waals surface area contributed by atoms with Crippen LogP contribution in [0.1, 0.15) is 11.1 Å². The molecule has 7 nitrogen and oxygen atoms in total. The number of sulfonamides is 1. The second kappa shape index (κ2) is 9.80. The first-order valence-electron chi connectivity index (χ1n) is 9.48. The Kier molecular flexibility index (Phi) is 7.16. The molecule has 1 aliphatic rings. The number of hydroxylamine groups is 1. The van der Waals surface area contributed by atoms with Crippen LogP contribution < -0.4 is 5.48 Å². The van der Waals surface area contributed by atoms with Gasteiger partial charge in [-0.3, -0.25) is 10.0 Å². The minimum Gasteiger partial charge on any atom is -0.300 e. The second-order valence-corrected chi connectivity index (χ2v) is 8.80. The van der Waals surface area contributed by atoms with E-state index < -0.39 is 15.9 Å². The van der Waals surface area contributed by atoms with Gasteiger partial charge in [0.05, 0.1) is 4.90 Å². The molecule has 0 aromatic heterocycles. The van der Waals surface area contributed by atoms with Crippen LogP contribution in [-0.2, 0) is 21.2 Å². The van der Waals surface area contributed by atoms with Crippen LogP contribution in [0.25, 0.3) is 6.08 Å². The summed E-state index contributed by atoms with van der Waals surface area (Å²) in [5, 5.41) is 8.53. The first-order chi connectivity index (χ1) is 14.0. The molecule has 1 saturated heterocycles. The Bertz CT molecular complexity index is 953. The van der Waals surface area contributed by atoms with Crippen molar-refractivity contribution >= 4 is 22.0 Å². The highest BCUT2D eigenvalue weighted by Gasteiger charge is 2.28. The molecular weight excluding hydrogens is 390 g/mol. The van der Waals surface area contributed by atoms with Crippen LogP contribution in [0, 0.1) is 0 Å². The maximum Gasteiger partial charge on any atom is 0.267 e. The molecule has 0 radical (unpaired) electrons. The molecule has 29 heavy (non-hydrogen) atoms. The summed E-state index contributed by atoms with van der Waals surface area (Å²) in [6.45, 7) is 3.20. The summed E-state index contributed by atoms with van der Waals surface area (Å²) < 4.78 is 27.5. The van der Waals surface area contributed by atoms with Gasteiger partial charge >= 0.3 is 0 Å². The van der Waals surface area contributed by atoms with Crippen LogP contribution in [0.15, 0.2) is 65.6 Å². The third kappa shape index (κ3) is 5.74. The van der Waals surface area contributed by atoms with Gasteiger partial charge in [0.15, 0.2) is 0 Å². The van der Waals surface area contributed by atoms with Crippen LogP contribution in [0.2, 0.25) is 0 Å². The molecule has 1 aliphatic heterocycles. The molecule has 154 valence electrons. The van der Waals surface area contributed by atoms with Gasteiger partial charge in [0.2, 0.25) is 10.0 Å². The van der Waals surface area contributed by atoms with Gasteiger partial charge in [0.1, 0.15) is 0 Å². The van der Waals surface area contributed by atoms with E-state index in [1.54, 1.807) is 18.2 Å². The maximum absolute atomic E-state index is 13.0. The van der Waals surface area contributed by atoms with Crippen LogP contribution in [-0.4, -0.2) is 61.5 Å². The average molecular weight is 416 g/mol. The lowest BCUT2D eigenvalue weighted by Gasteiger charge is -2.34. The molecule has 1 heterocycles. The number of rotatable bonds is 7. The summed E-state index contributed by atoms with van der Waals surface area (Å²) >= 11 is 0. The summed E-state index contributed by atoms with van der Waals surface area (Å²) in [6, 6.07) is 16.7. The summed E-state index contributed by atoms with van der Waals surface area (Å²) in [5.41, 5.74) is 3.35. The molecule has 1 fully saturated rings. The van der Waals surface area contributed by atoms with E-state index in [1.165, 1.54) is 27.5 Å². The Morgan fingerprint density at radius 2 is 1.76 bits per heavy atom. The van der Waals surface area contributed by atoms with Gasteiger partial charge in [-0.1, -0.05) is 42.5 Å². The van der Waals surface area contributed by atoms with Crippen molar-refractivity contribution in [2.24, 2.45) is 0 Å². The molecule has 3 rings (SSSR count).